The maximum Gasteiger partial charge on any atom is 0.210 e. The molecule has 2 rings (SSSR count). The van der Waals surface area contributed by atoms with Crippen molar-refractivity contribution in [2.45, 2.75) is 13.8 Å². The van der Waals surface area contributed by atoms with Crippen LogP contribution in [0.15, 0.2) is 17.6 Å². The van der Waals surface area contributed by atoms with E-state index in [9.17, 15) is 4.79 Å². The standard InChI is InChI=1S/C11H10INOS/c1-6-4-13-10(7(6)2)11(14)8-3-9(12)15-5-8/h3-5,13H,1-2H3. The van der Waals surface area contributed by atoms with Crippen LogP contribution in [0.5, 0.6) is 0 Å². The van der Waals surface area contributed by atoms with Crippen LogP contribution < -0.4 is 0 Å². The van der Waals surface area contributed by atoms with E-state index < -0.39 is 0 Å². The van der Waals surface area contributed by atoms with Crippen molar-refractivity contribution >= 4 is 39.7 Å². The molecule has 0 bridgehead atoms. The lowest BCUT2D eigenvalue weighted by Crippen LogP contribution is -2.01. The van der Waals surface area contributed by atoms with Crippen molar-refractivity contribution in [1.29, 1.82) is 0 Å². The summed E-state index contributed by atoms with van der Waals surface area (Å²) in [6.07, 6.45) is 1.87. The number of nitrogens with one attached hydrogen (secondary N) is 1. The second-order valence-corrected chi connectivity index (χ2v) is 6.25. The SMILES string of the molecule is Cc1c[nH]c(C(=O)c2csc(I)c2)c1C. The van der Waals surface area contributed by atoms with Gasteiger partial charge in [0.25, 0.3) is 0 Å². The lowest BCUT2D eigenvalue weighted by Gasteiger charge is -1.97. The van der Waals surface area contributed by atoms with E-state index in [1.807, 2.05) is 31.5 Å². The zero-order valence-electron chi connectivity index (χ0n) is 8.43. The predicted octanol–water partition coefficient (Wildman–Crippen LogP) is 3.53. The Morgan fingerprint density at radius 3 is 2.67 bits per heavy atom. The molecule has 0 radical (unpaired) electrons. The monoisotopic (exact) mass is 331 g/mol. The minimum Gasteiger partial charge on any atom is -0.358 e. The van der Waals surface area contributed by atoms with Crippen molar-refractivity contribution in [1.82, 2.24) is 4.98 Å². The largest absolute Gasteiger partial charge is 0.358 e. The summed E-state index contributed by atoms with van der Waals surface area (Å²) >= 11 is 3.82. The molecule has 0 amide bonds. The van der Waals surface area contributed by atoms with Crippen molar-refractivity contribution in [2.24, 2.45) is 0 Å². The number of carbonyl (C=O) groups excluding carboxylic acids is 1. The molecule has 78 valence electrons. The quantitative estimate of drug-likeness (QED) is 0.663. The lowest BCUT2D eigenvalue weighted by atomic mass is 10.1. The zero-order chi connectivity index (χ0) is 11.0. The van der Waals surface area contributed by atoms with Crippen LogP contribution in [0.25, 0.3) is 0 Å². The Bertz CT molecular complexity index is 512. The van der Waals surface area contributed by atoms with Crippen LogP contribution in [0.4, 0.5) is 0 Å². The van der Waals surface area contributed by atoms with E-state index in [1.165, 1.54) is 0 Å². The van der Waals surface area contributed by atoms with Gasteiger partial charge in [0, 0.05) is 17.1 Å². The van der Waals surface area contributed by atoms with Crippen LogP contribution in [0.2, 0.25) is 0 Å². The third-order valence-corrected chi connectivity index (χ3v) is 4.25. The fourth-order valence-corrected chi connectivity index (χ4v) is 2.73. The van der Waals surface area contributed by atoms with Gasteiger partial charge in [-0.2, -0.15) is 0 Å². The van der Waals surface area contributed by atoms with Gasteiger partial charge in [-0.1, -0.05) is 0 Å². The number of hydrogen-bond acceptors (Lipinski definition) is 2. The second kappa shape index (κ2) is 4.09. The van der Waals surface area contributed by atoms with Gasteiger partial charge >= 0.3 is 0 Å². The molecule has 15 heavy (non-hydrogen) atoms. The highest BCUT2D eigenvalue weighted by Gasteiger charge is 2.15. The molecule has 2 aromatic heterocycles. The molecule has 2 heterocycles. The summed E-state index contributed by atoms with van der Waals surface area (Å²) in [5, 5.41) is 1.90. The highest BCUT2D eigenvalue weighted by atomic mass is 127. The summed E-state index contributed by atoms with van der Waals surface area (Å²) in [7, 11) is 0. The van der Waals surface area contributed by atoms with Gasteiger partial charge in [0.1, 0.15) is 0 Å². The van der Waals surface area contributed by atoms with Gasteiger partial charge < -0.3 is 4.98 Å². The van der Waals surface area contributed by atoms with Crippen LogP contribution in [-0.2, 0) is 0 Å². The van der Waals surface area contributed by atoms with Crippen LogP contribution >= 0.6 is 33.9 Å². The normalized spacial score (nSPS) is 10.6. The molecule has 0 atom stereocenters. The fourth-order valence-electron chi connectivity index (χ4n) is 1.40. The molecule has 0 saturated heterocycles. The Morgan fingerprint density at radius 1 is 1.47 bits per heavy atom. The van der Waals surface area contributed by atoms with E-state index in [0.29, 0.717) is 5.69 Å². The van der Waals surface area contributed by atoms with Crippen molar-refractivity contribution in [3.05, 3.63) is 42.9 Å². The molecule has 0 fully saturated rings. The van der Waals surface area contributed by atoms with Crippen molar-refractivity contribution in [2.75, 3.05) is 0 Å². The number of ketones is 1. The maximum atomic E-state index is 12.1. The first kappa shape index (κ1) is 10.9. The Kier molecular flexibility index (Phi) is 2.97. The second-order valence-electron chi connectivity index (χ2n) is 3.44. The van der Waals surface area contributed by atoms with E-state index in [0.717, 1.165) is 19.6 Å². The van der Waals surface area contributed by atoms with Crippen LogP contribution in [0.3, 0.4) is 0 Å². The van der Waals surface area contributed by atoms with Gasteiger partial charge in [0.05, 0.1) is 8.58 Å². The smallest absolute Gasteiger partial charge is 0.210 e. The highest BCUT2D eigenvalue weighted by Crippen LogP contribution is 2.21. The third kappa shape index (κ3) is 2.01. The zero-order valence-corrected chi connectivity index (χ0v) is 11.4. The Balaban J connectivity index is 2.41. The highest BCUT2D eigenvalue weighted by molar-refractivity contribution is 14.1. The number of aromatic amines is 1. The van der Waals surface area contributed by atoms with Gasteiger partial charge in [-0.15, -0.1) is 11.3 Å². The Hall–Kier alpha value is -0.620. The number of halogens is 1. The molecule has 0 aliphatic heterocycles. The summed E-state index contributed by atoms with van der Waals surface area (Å²) in [6.45, 7) is 3.97. The summed E-state index contributed by atoms with van der Waals surface area (Å²) in [6, 6.07) is 1.92. The topological polar surface area (TPSA) is 32.9 Å². The summed E-state index contributed by atoms with van der Waals surface area (Å²) < 4.78 is 1.14. The summed E-state index contributed by atoms with van der Waals surface area (Å²) in [5.74, 6) is 0.0831. The van der Waals surface area contributed by atoms with Gasteiger partial charge in [-0.05, 0) is 53.6 Å². The molecule has 0 aliphatic carbocycles. The molecule has 0 aromatic carbocycles. The van der Waals surface area contributed by atoms with Gasteiger partial charge in [-0.25, -0.2) is 0 Å². The maximum absolute atomic E-state index is 12.1. The Morgan fingerprint density at radius 2 is 2.20 bits per heavy atom. The molecule has 2 nitrogen and oxygen atoms in total. The molecular weight excluding hydrogens is 321 g/mol. The molecule has 2 aromatic rings. The molecule has 0 spiro atoms. The number of aromatic nitrogens is 1. The average Bonchev–Trinajstić information content (AvgIpc) is 2.75. The van der Waals surface area contributed by atoms with Crippen LogP contribution in [0, 0.1) is 16.7 Å². The molecule has 0 unspecified atom stereocenters. The molecule has 4 heteroatoms. The minimum atomic E-state index is 0.0831. The van der Waals surface area contributed by atoms with E-state index in [4.69, 9.17) is 0 Å². The number of rotatable bonds is 2. The number of aryl methyl sites for hydroxylation is 1. The molecule has 0 aliphatic rings. The van der Waals surface area contributed by atoms with E-state index in [-0.39, 0.29) is 5.78 Å². The van der Waals surface area contributed by atoms with Crippen LogP contribution in [0.1, 0.15) is 27.2 Å². The van der Waals surface area contributed by atoms with Crippen molar-refractivity contribution < 1.29 is 4.79 Å². The Labute approximate surface area is 106 Å². The first-order chi connectivity index (χ1) is 7.09. The van der Waals surface area contributed by atoms with Crippen LogP contribution in [-0.4, -0.2) is 10.8 Å². The molecule has 0 saturated carbocycles. The first-order valence-corrected chi connectivity index (χ1v) is 6.48. The summed E-state index contributed by atoms with van der Waals surface area (Å²) in [5.41, 5.74) is 3.65. The third-order valence-electron chi connectivity index (χ3n) is 2.46. The van der Waals surface area contributed by atoms with E-state index in [1.54, 1.807) is 11.3 Å². The number of carbonyl (C=O) groups is 1. The van der Waals surface area contributed by atoms with Crippen molar-refractivity contribution in [3.63, 3.8) is 0 Å². The summed E-state index contributed by atoms with van der Waals surface area (Å²) in [4.78, 5) is 15.1. The average molecular weight is 331 g/mol. The molecule has 1 N–H and O–H groups in total. The lowest BCUT2D eigenvalue weighted by molar-refractivity contribution is 0.103. The number of thiophene rings is 1. The predicted molar refractivity (Wildman–Crippen MR) is 70.7 cm³/mol. The number of H-pyrrole nitrogens is 1. The van der Waals surface area contributed by atoms with Gasteiger partial charge in [-0.3, -0.25) is 4.79 Å². The van der Waals surface area contributed by atoms with Gasteiger partial charge in [0.15, 0.2) is 0 Å². The van der Waals surface area contributed by atoms with E-state index >= 15 is 0 Å². The first-order valence-electron chi connectivity index (χ1n) is 4.53. The van der Waals surface area contributed by atoms with Gasteiger partial charge in [0.2, 0.25) is 5.78 Å². The minimum absolute atomic E-state index is 0.0831. The van der Waals surface area contributed by atoms with Crippen molar-refractivity contribution in [3.8, 4) is 0 Å². The van der Waals surface area contributed by atoms with E-state index in [2.05, 4.69) is 27.6 Å². The molecular formula is C11H10INOS. The fraction of sp³-hybridized carbons (Fsp3) is 0.182. The number of hydrogen-bond donors (Lipinski definition) is 1.